The van der Waals surface area contributed by atoms with Gasteiger partial charge in [0.25, 0.3) is 0 Å². The van der Waals surface area contributed by atoms with Crippen molar-refractivity contribution in [2.24, 2.45) is 0 Å². The van der Waals surface area contributed by atoms with Crippen LogP contribution < -0.4 is 4.90 Å². The first-order chi connectivity index (χ1) is 10.9. The first-order valence-electron chi connectivity index (χ1n) is 8.73. The number of ether oxygens (including phenoxy) is 1. The Balaban J connectivity index is 1.49. The molecule has 0 aliphatic carbocycles. The van der Waals surface area contributed by atoms with Gasteiger partial charge in [-0.3, -0.25) is 4.79 Å². The molecule has 2 heterocycles. The van der Waals surface area contributed by atoms with E-state index in [0.29, 0.717) is 13.0 Å². The Morgan fingerprint density at radius 3 is 2.91 bits per heavy atom. The van der Waals surface area contributed by atoms with E-state index >= 15 is 0 Å². The summed E-state index contributed by atoms with van der Waals surface area (Å²) in [4.78, 5) is 16.9. The van der Waals surface area contributed by atoms with Crippen LogP contribution in [0.1, 0.15) is 39.2 Å². The SMILES string of the molecule is CC1CN(C(=O)CCCN2CCc3ccccc32)CC(C)(C)O1. The van der Waals surface area contributed by atoms with Crippen molar-refractivity contribution in [1.29, 1.82) is 0 Å². The van der Waals surface area contributed by atoms with Gasteiger partial charge >= 0.3 is 0 Å². The van der Waals surface area contributed by atoms with Crippen LogP contribution in [0.5, 0.6) is 0 Å². The molecule has 0 bridgehead atoms. The van der Waals surface area contributed by atoms with Gasteiger partial charge in [0.05, 0.1) is 11.7 Å². The minimum atomic E-state index is -0.235. The molecule has 3 rings (SSSR count). The van der Waals surface area contributed by atoms with Gasteiger partial charge < -0.3 is 14.5 Å². The quantitative estimate of drug-likeness (QED) is 0.856. The van der Waals surface area contributed by atoms with E-state index in [2.05, 4.69) is 43.0 Å². The van der Waals surface area contributed by atoms with Crippen LogP contribution in [-0.4, -0.2) is 48.7 Å². The molecular weight excluding hydrogens is 288 g/mol. The fourth-order valence-corrected chi connectivity index (χ4v) is 3.86. The summed E-state index contributed by atoms with van der Waals surface area (Å²) in [5.74, 6) is 0.265. The van der Waals surface area contributed by atoms with Gasteiger partial charge in [-0.25, -0.2) is 0 Å². The van der Waals surface area contributed by atoms with Crippen LogP contribution in [0.15, 0.2) is 24.3 Å². The molecule has 0 radical (unpaired) electrons. The minimum absolute atomic E-state index is 0.119. The molecule has 1 aromatic carbocycles. The number of rotatable bonds is 4. The highest BCUT2D eigenvalue weighted by atomic mass is 16.5. The lowest BCUT2D eigenvalue weighted by atomic mass is 10.0. The lowest BCUT2D eigenvalue weighted by molar-refractivity contribution is -0.158. The number of amides is 1. The maximum Gasteiger partial charge on any atom is 0.222 e. The number of morpholine rings is 1. The number of hydrogen-bond donors (Lipinski definition) is 0. The maximum absolute atomic E-state index is 12.5. The molecule has 1 amide bonds. The predicted molar refractivity (Wildman–Crippen MR) is 92.8 cm³/mol. The van der Waals surface area contributed by atoms with E-state index < -0.39 is 0 Å². The molecule has 4 nitrogen and oxygen atoms in total. The zero-order valence-corrected chi connectivity index (χ0v) is 14.5. The Morgan fingerprint density at radius 2 is 2.13 bits per heavy atom. The van der Waals surface area contributed by atoms with E-state index in [1.54, 1.807) is 0 Å². The first kappa shape index (κ1) is 16.3. The molecule has 4 heteroatoms. The largest absolute Gasteiger partial charge is 0.371 e. The average molecular weight is 316 g/mol. The second-order valence-electron chi connectivity index (χ2n) is 7.43. The lowest BCUT2D eigenvalue weighted by Crippen LogP contribution is -2.53. The van der Waals surface area contributed by atoms with Crippen molar-refractivity contribution < 1.29 is 9.53 Å². The number of benzene rings is 1. The highest BCUT2D eigenvalue weighted by Crippen LogP contribution is 2.27. The Bertz CT molecular complexity index is 570. The third-order valence-electron chi connectivity index (χ3n) is 4.72. The molecule has 1 unspecified atom stereocenters. The standard InChI is InChI=1S/C19H28N2O2/c1-15-13-21(14-19(2,3)23-15)18(22)9-6-11-20-12-10-16-7-4-5-8-17(16)20/h4-5,7-8,15H,6,9-14H2,1-3H3. The maximum atomic E-state index is 12.5. The molecule has 126 valence electrons. The number of para-hydroxylation sites is 1. The molecule has 2 aliphatic rings. The van der Waals surface area contributed by atoms with Gasteiger partial charge in [-0.1, -0.05) is 18.2 Å². The van der Waals surface area contributed by atoms with E-state index in [4.69, 9.17) is 4.74 Å². The second kappa shape index (κ2) is 6.52. The van der Waals surface area contributed by atoms with Crippen molar-refractivity contribution in [2.45, 2.75) is 51.7 Å². The molecule has 23 heavy (non-hydrogen) atoms. The van der Waals surface area contributed by atoms with Crippen molar-refractivity contribution in [3.05, 3.63) is 29.8 Å². The summed E-state index contributed by atoms with van der Waals surface area (Å²) in [5, 5.41) is 0. The molecule has 1 fully saturated rings. The average Bonchev–Trinajstić information content (AvgIpc) is 2.88. The van der Waals surface area contributed by atoms with Crippen molar-refractivity contribution in [3.8, 4) is 0 Å². The zero-order chi connectivity index (χ0) is 16.4. The van der Waals surface area contributed by atoms with Crippen molar-refractivity contribution in [1.82, 2.24) is 4.90 Å². The zero-order valence-electron chi connectivity index (χ0n) is 14.5. The Labute approximate surface area is 139 Å². The summed E-state index contributed by atoms with van der Waals surface area (Å²) >= 11 is 0. The Hall–Kier alpha value is -1.55. The molecule has 0 aromatic heterocycles. The monoisotopic (exact) mass is 316 g/mol. The summed E-state index contributed by atoms with van der Waals surface area (Å²) in [7, 11) is 0. The topological polar surface area (TPSA) is 32.8 Å². The molecule has 1 atom stereocenters. The minimum Gasteiger partial charge on any atom is -0.371 e. The lowest BCUT2D eigenvalue weighted by Gasteiger charge is -2.41. The van der Waals surface area contributed by atoms with Gasteiger partial charge in [0.1, 0.15) is 0 Å². The number of nitrogens with zero attached hydrogens (tertiary/aromatic N) is 2. The number of carbonyl (C=O) groups excluding carboxylic acids is 1. The van der Waals surface area contributed by atoms with E-state index in [-0.39, 0.29) is 17.6 Å². The summed E-state index contributed by atoms with van der Waals surface area (Å²) in [6.07, 6.45) is 2.79. The normalized spacial score (nSPS) is 23.0. The van der Waals surface area contributed by atoms with Crippen LogP contribution in [-0.2, 0) is 16.0 Å². The third kappa shape index (κ3) is 3.86. The highest BCUT2D eigenvalue weighted by molar-refractivity contribution is 5.76. The smallest absolute Gasteiger partial charge is 0.222 e. The second-order valence-corrected chi connectivity index (χ2v) is 7.43. The van der Waals surface area contributed by atoms with E-state index in [9.17, 15) is 4.79 Å². The molecule has 1 aromatic rings. The van der Waals surface area contributed by atoms with Gasteiger partial charge in [0.15, 0.2) is 0 Å². The Morgan fingerprint density at radius 1 is 1.35 bits per heavy atom. The number of anilines is 1. The van der Waals surface area contributed by atoms with Gasteiger partial charge in [0, 0.05) is 38.3 Å². The van der Waals surface area contributed by atoms with Crippen LogP contribution in [0, 0.1) is 0 Å². The fraction of sp³-hybridized carbons (Fsp3) is 0.632. The van der Waals surface area contributed by atoms with Crippen molar-refractivity contribution in [3.63, 3.8) is 0 Å². The van der Waals surface area contributed by atoms with Crippen molar-refractivity contribution >= 4 is 11.6 Å². The Kier molecular flexibility index (Phi) is 4.62. The predicted octanol–water partition coefficient (Wildman–Crippen LogP) is 2.86. The van der Waals surface area contributed by atoms with E-state index in [1.165, 1.54) is 11.3 Å². The van der Waals surface area contributed by atoms with E-state index in [1.807, 2.05) is 11.8 Å². The van der Waals surface area contributed by atoms with E-state index in [0.717, 1.165) is 32.5 Å². The summed E-state index contributed by atoms with van der Waals surface area (Å²) in [6, 6.07) is 8.60. The molecule has 0 N–H and O–H groups in total. The summed E-state index contributed by atoms with van der Waals surface area (Å²) in [6.45, 7) is 9.62. The highest BCUT2D eigenvalue weighted by Gasteiger charge is 2.33. The third-order valence-corrected chi connectivity index (χ3v) is 4.72. The molecule has 1 saturated heterocycles. The van der Waals surface area contributed by atoms with Crippen LogP contribution in [0.4, 0.5) is 5.69 Å². The van der Waals surface area contributed by atoms with Gasteiger partial charge in [0.2, 0.25) is 5.91 Å². The van der Waals surface area contributed by atoms with Gasteiger partial charge in [-0.15, -0.1) is 0 Å². The number of hydrogen-bond acceptors (Lipinski definition) is 3. The van der Waals surface area contributed by atoms with Gasteiger partial charge in [-0.2, -0.15) is 0 Å². The van der Waals surface area contributed by atoms with Crippen LogP contribution >= 0.6 is 0 Å². The summed E-state index contributed by atoms with van der Waals surface area (Å²) in [5.41, 5.74) is 2.55. The number of fused-ring (bicyclic) bond motifs is 1. The van der Waals surface area contributed by atoms with Crippen LogP contribution in [0.3, 0.4) is 0 Å². The van der Waals surface area contributed by atoms with Crippen LogP contribution in [0.2, 0.25) is 0 Å². The fourth-order valence-electron chi connectivity index (χ4n) is 3.86. The molecular formula is C19H28N2O2. The first-order valence-corrected chi connectivity index (χ1v) is 8.73. The molecule has 2 aliphatic heterocycles. The van der Waals surface area contributed by atoms with Gasteiger partial charge in [-0.05, 0) is 45.2 Å². The molecule has 0 spiro atoms. The van der Waals surface area contributed by atoms with Crippen LogP contribution in [0.25, 0.3) is 0 Å². The van der Waals surface area contributed by atoms with Crippen molar-refractivity contribution in [2.75, 3.05) is 31.1 Å². The summed E-state index contributed by atoms with van der Waals surface area (Å²) < 4.78 is 5.88. The number of carbonyl (C=O) groups is 1. The molecule has 0 saturated carbocycles.